The lowest BCUT2D eigenvalue weighted by atomic mass is 10.0. The number of nitrogens with one attached hydrogen (secondary N) is 1. The lowest BCUT2D eigenvalue weighted by Crippen LogP contribution is -2.52. The summed E-state index contributed by atoms with van der Waals surface area (Å²) in [4.78, 5) is 28.3. The van der Waals surface area contributed by atoms with Gasteiger partial charge in [0.1, 0.15) is 17.6 Å². The normalized spacial score (nSPS) is 11.7. The summed E-state index contributed by atoms with van der Waals surface area (Å²) >= 11 is 0. The number of amides is 2. The number of halogens is 1. The molecule has 0 aliphatic carbocycles. The number of carbonyl (C=O) groups is 2. The Morgan fingerprint density at radius 3 is 2.29 bits per heavy atom. The number of para-hydroxylation sites is 1. The smallest absolute Gasteiger partial charge is 0.261 e. The molecule has 0 unspecified atom stereocenters. The predicted molar refractivity (Wildman–Crippen MR) is 135 cm³/mol. The summed E-state index contributed by atoms with van der Waals surface area (Å²) in [6.45, 7) is 6.08. The van der Waals surface area contributed by atoms with E-state index >= 15 is 0 Å². The Hall–Kier alpha value is -3.67. The van der Waals surface area contributed by atoms with Crippen LogP contribution in [0.4, 0.5) is 4.39 Å². The van der Waals surface area contributed by atoms with Gasteiger partial charge in [-0.1, -0.05) is 80.6 Å². The molecule has 5 nitrogen and oxygen atoms in total. The van der Waals surface area contributed by atoms with Gasteiger partial charge in [-0.15, -0.1) is 0 Å². The highest BCUT2D eigenvalue weighted by Crippen LogP contribution is 2.19. The summed E-state index contributed by atoms with van der Waals surface area (Å²) < 4.78 is 20.4. The number of benzene rings is 3. The van der Waals surface area contributed by atoms with Gasteiger partial charge in [0.15, 0.2) is 6.61 Å². The Labute approximate surface area is 206 Å². The van der Waals surface area contributed by atoms with Crippen molar-refractivity contribution >= 4 is 11.8 Å². The quantitative estimate of drug-likeness (QED) is 0.427. The molecule has 2 amide bonds. The van der Waals surface area contributed by atoms with Gasteiger partial charge in [-0.2, -0.15) is 0 Å². The average molecular weight is 477 g/mol. The minimum Gasteiger partial charge on any atom is -0.484 e. The zero-order valence-corrected chi connectivity index (χ0v) is 20.5. The zero-order chi connectivity index (χ0) is 25.2. The van der Waals surface area contributed by atoms with Gasteiger partial charge in [0.05, 0.1) is 0 Å². The Balaban J connectivity index is 1.92. The fourth-order valence-corrected chi connectivity index (χ4v) is 3.73. The van der Waals surface area contributed by atoms with Crippen molar-refractivity contribution in [2.45, 2.75) is 39.8 Å². The van der Waals surface area contributed by atoms with Crippen molar-refractivity contribution in [2.75, 3.05) is 13.2 Å². The molecule has 1 N–H and O–H groups in total. The summed E-state index contributed by atoms with van der Waals surface area (Å²) in [5, 5.41) is 2.95. The number of rotatable bonds is 11. The summed E-state index contributed by atoms with van der Waals surface area (Å²) in [7, 11) is 0. The molecule has 3 aromatic carbocycles. The number of nitrogens with zero attached hydrogens (tertiary/aromatic N) is 1. The first-order valence-corrected chi connectivity index (χ1v) is 11.9. The largest absolute Gasteiger partial charge is 0.484 e. The van der Waals surface area contributed by atoms with Crippen LogP contribution in [0.3, 0.4) is 0 Å². The lowest BCUT2D eigenvalue weighted by Gasteiger charge is -2.32. The highest BCUT2D eigenvalue weighted by Gasteiger charge is 2.31. The number of hydrogen-bond acceptors (Lipinski definition) is 3. The van der Waals surface area contributed by atoms with Crippen LogP contribution in [0.5, 0.6) is 5.75 Å². The molecule has 35 heavy (non-hydrogen) atoms. The first-order chi connectivity index (χ1) is 16.8. The van der Waals surface area contributed by atoms with Crippen molar-refractivity contribution in [3.63, 3.8) is 0 Å². The van der Waals surface area contributed by atoms with Gasteiger partial charge in [-0.3, -0.25) is 9.59 Å². The first-order valence-electron chi connectivity index (χ1n) is 11.9. The van der Waals surface area contributed by atoms with E-state index in [0.29, 0.717) is 24.3 Å². The van der Waals surface area contributed by atoms with Crippen molar-refractivity contribution in [3.05, 3.63) is 101 Å². The van der Waals surface area contributed by atoms with Crippen LogP contribution in [0.15, 0.2) is 78.9 Å². The molecule has 0 aromatic heterocycles. The topological polar surface area (TPSA) is 58.6 Å². The number of ether oxygens (including phenoxy) is 1. The van der Waals surface area contributed by atoms with Gasteiger partial charge < -0.3 is 15.0 Å². The maximum atomic E-state index is 14.6. The van der Waals surface area contributed by atoms with Crippen LogP contribution in [0.2, 0.25) is 0 Å². The van der Waals surface area contributed by atoms with Crippen LogP contribution < -0.4 is 10.1 Å². The molecule has 184 valence electrons. The number of hydrogen-bond donors (Lipinski definition) is 1. The van der Waals surface area contributed by atoms with Crippen molar-refractivity contribution in [3.8, 4) is 5.75 Å². The summed E-state index contributed by atoms with van der Waals surface area (Å²) in [6.07, 6.45) is 0.301. The zero-order valence-electron chi connectivity index (χ0n) is 20.5. The number of aryl methyl sites for hydroxylation is 1. The standard InChI is InChI=1S/C29H33FN2O3/c1-21(2)18-31-29(34)26(17-23-12-5-4-6-13-23)32(19-24-14-8-9-15-25(24)30)28(33)20-35-27-16-10-7-11-22(27)3/h4-16,21,26H,17-20H2,1-3H3,(H,31,34)/t26-/m1/s1. The van der Waals surface area contributed by atoms with E-state index < -0.39 is 17.8 Å². The maximum absolute atomic E-state index is 14.6. The van der Waals surface area contributed by atoms with Gasteiger partial charge in [0, 0.05) is 25.1 Å². The Morgan fingerprint density at radius 1 is 0.943 bits per heavy atom. The summed E-state index contributed by atoms with van der Waals surface area (Å²) in [5.74, 6) is -0.251. The molecule has 0 saturated carbocycles. The van der Waals surface area contributed by atoms with E-state index in [0.717, 1.165) is 11.1 Å². The molecule has 0 aliphatic rings. The fraction of sp³-hybridized carbons (Fsp3) is 0.310. The van der Waals surface area contributed by atoms with E-state index in [4.69, 9.17) is 4.74 Å². The molecule has 3 aromatic rings. The van der Waals surface area contributed by atoms with Crippen LogP contribution in [-0.2, 0) is 22.6 Å². The van der Waals surface area contributed by atoms with Crippen LogP contribution >= 0.6 is 0 Å². The molecule has 0 aliphatic heterocycles. The Bertz CT molecular complexity index is 1120. The highest BCUT2D eigenvalue weighted by molar-refractivity contribution is 5.88. The van der Waals surface area contributed by atoms with Gasteiger partial charge in [-0.25, -0.2) is 4.39 Å². The third kappa shape index (κ3) is 7.67. The SMILES string of the molecule is Cc1ccccc1OCC(=O)N(Cc1ccccc1F)[C@H](Cc1ccccc1)C(=O)NCC(C)C. The second-order valence-corrected chi connectivity index (χ2v) is 9.01. The molecule has 0 saturated heterocycles. The van der Waals surface area contributed by atoms with E-state index in [1.165, 1.54) is 11.0 Å². The van der Waals surface area contributed by atoms with Crippen LogP contribution in [0, 0.1) is 18.7 Å². The van der Waals surface area contributed by atoms with Crippen molar-refractivity contribution in [1.29, 1.82) is 0 Å². The van der Waals surface area contributed by atoms with E-state index in [1.54, 1.807) is 24.3 Å². The second-order valence-electron chi connectivity index (χ2n) is 9.01. The van der Waals surface area contributed by atoms with Crippen molar-refractivity contribution < 1.29 is 18.7 Å². The van der Waals surface area contributed by atoms with E-state index in [9.17, 15) is 14.0 Å². The molecule has 0 radical (unpaired) electrons. The monoisotopic (exact) mass is 476 g/mol. The Morgan fingerprint density at radius 2 is 1.60 bits per heavy atom. The second kappa shape index (κ2) is 12.7. The molecule has 0 fully saturated rings. The van der Waals surface area contributed by atoms with E-state index in [2.05, 4.69) is 5.32 Å². The van der Waals surface area contributed by atoms with Gasteiger partial charge >= 0.3 is 0 Å². The average Bonchev–Trinajstić information content (AvgIpc) is 2.85. The predicted octanol–water partition coefficient (Wildman–Crippen LogP) is 4.93. The lowest BCUT2D eigenvalue weighted by molar-refractivity contribution is -0.142. The molecular weight excluding hydrogens is 443 g/mol. The van der Waals surface area contributed by atoms with Gasteiger partial charge in [-0.05, 0) is 36.1 Å². The van der Waals surface area contributed by atoms with Crippen LogP contribution in [-0.4, -0.2) is 35.9 Å². The van der Waals surface area contributed by atoms with Crippen molar-refractivity contribution in [2.24, 2.45) is 5.92 Å². The van der Waals surface area contributed by atoms with Gasteiger partial charge in [0.25, 0.3) is 5.91 Å². The number of carbonyl (C=O) groups excluding carboxylic acids is 2. The summed E-state index contributed by atoms with van der Waals surface area (Å²) in [6, 6.07) is 22.4. The molecule has 3 rings (SSSR count). The van der Waals surface area contributed by atoms with E-state index in [1.807, 2.05) is 69.3 Å². The molecule has 0 heterocycles. The minimum absolute atomic E-state index is 0.0464. The van der Waals surface area contributed by atoms with Crippen molar-refractivity contribution in [1.82, 2.24) is 10.2 Å². The third-order valence-corrected chi connectivity index (χ3v) is 5.70. The molecule has 6 heteroatoms. The van der Waals surface area contributed by atoms with E-state index in [-0.39, 0.29) is 25.0 Å². The summed E-state index contributed by atoms with van der Waals surface area (Å²) in [5.41, 5.74) is 2.14. The minimum atomic E-state index is -0.830. The molecule has 0 spiro atoms. The van der Waals surface area contributed by atoms with Gasteiger partial charge in [0.2, 0.25) is 5.91 Å². The Kier molecular flexibility index (Phi) is 9.41. The molecule has 1 atom stereocenters. The molecular formula is C29H33FN2O3. The maximum Gasteiger partial charge on any atom is 0.261 e. The fourth-order valence-electron chi connectivity index (χ4n) is 3.73. The third-order valence-electron chi connectivity index (χ3n) is 5.70. The van der Waals surface area contributed by atoms with Crippen LogP contribution in [0.1, 0.15) is 30.5 Å². The highest BCUT2D eigenvalue weighted by atomic mass is 19.1. The van der Waals surface area contributed by atoms with Crippen LogP contribution in [0.25, 0.3) is 0 Å². The first kappa shape index (κ1) is 25.9. The molecule has 0 bridgehead atoms.